The molecule has 0 aliphatic carbocycles. The summed E-state index contributed by atoms with van der Waals surface area (Å²) < 4.78 is 0. The zero-order valence-electron chi connectivity index (χ0n) is 15.0. The molecule has 9 heteroatoms. The molecule has 4 N–H and O–H groups in total. The summed E-state index contributed by atoms with van der Waals surface area (Å²) in [6.45, 7) is 1.95. The number of hydrogen-bond acceptors (Lipinski definition) is 6. The average Bonchev–Trinajstić information content (AvgIpc) is 3.15. The van der Waals surface area contributed by atoms with Gasteiger partial charge in [-0.1, -0.05) is 36.4 Å². The highest BCUT2D eigenvalue weighted by molar-refractivity contribution is 7.14. The molecule has 142 valence electrons. The van der Waals surface area contributed by atoms with Crippen LogP contribution in [0.1, 0.15) is 22.8 Å². The van der Waals surface area contributed by atoms with Crippen LogP contribution in [0.2, 0.25) is 0 Å². The molecule has 0 bridgehead atoms. The second-order valence-electron chi connectivity index (χ2n) is 6.09. The van der Waals surface area contributed by atoms with E-state index in [-0.39, 0.29) is 11.8 Å². The summed E-state index contributed by atoms with van der Waals surface area (Å²) >= 11 is 1.31. The lowest BCUT2D eigenvalue weighted by Gasteiger charge is -2.04. The minimum absolute atomic E-state index is 0.0776. The number of carbonyl (C=O) groups is 2. The molecular formula is C19H18BN3O4S. The first-order valence-electron chi connectivity index (χ1n) is 8.49. The van der Waals surface area contributed by atoms with Crippen LogP contribution in [0, 0.1) is 0 Å². The second-order valence-corrected chi connectivity index (χ2v) is 6.95. The van der Waals surface area contributed by atoms with E-state index in [0.29, 0.717) is 22.7 Å². The SMILES string of the molecule is CC(=O)NCc1ccc(-c2csc(NC(=O)c3ccc(B(O)O)cc3)n2)cc1. The van der Waals surface area contributed by atoms with Crippen LogP contribution >= 0.6 is 11.3 Å². The number of rotatable bonds is 6. The number of aromatic nitrogens is 1. The minimum Gasteiger partial charge on any atom is -0.423 e. The van der Waals surface area contributed by atoms with Crippen molar-refractivity contribution < 1.29 is 19.6 Å². The summed E-state index contributed by atoms with van der Waals surface area (Å²) in [5, 5.41) is 26.0. The average molecular weight is 395 g/mol. The smallest absolute Gasteiger partial charge is 0.423 e. The first-order chi connectivity index (χ1) is 13.4. The predicted octanol–water partition coefficient (Wildman–Crippen LogP) is 1.38. The van der Waals surface area contributed by atoms with Crippen molar-refractivity contribution in [2.24, 2.45) is 0 Å². The van der Waals surface area contributed by atoms with Crippen LogP contribution in [0.25, 0.3) is 11.3 Å². The van der Waals surface area contributed by atoms with Gasteiger partial charge in [0.05, 0.1) is 5.69 Å². The summed E-state index contributed by atoms with van der Waals surface area (Å²) in [4.78, 5) is 27.7. The number of carbonyl (C=O) groups excluding carboxylic acids is 2. The first-order valence-corrected chi connectivity index (χ1v) is 9.37. The molecule has 0 fully saturated rings. The van der Waals surface area contributed by atoms with E-state index in [4.69, 9.17) is 10.0 Å². The highest BCUT2D eigenvalue weighted by Crippen LogP contribution is 2.25. The van der Waals surface area contributed by atoms with Gasteiger partial charge in [-0.15, -0.1) is 11.3 Å². The van der Waals surface area contributed by atoms with Crippen molar-refractivity contribution in [1.29, 1.82) is 0 Å². The number of benzene rings is 2. The molecule has 0 saturated heterocycles. The van der Waals surface area contributed by atoms with E-state index < -0.39 is 7.12 Å². The molecule has 0 saturated carbocycles. The molecule has 1 aromatic heterocycles. The van der Waals surface area contributed by atoms with Gasteiger partial charge in [0.2, 0.25) is 5.91 Å². The molecule has 0 radical (unpaired) electrons. The largest absolute Gasteiger partial charge is 0.488 e. The number of amides is 2. The Bertz CT molecular complexity index is 972. The summed E-state index contributed by atoms with van der Waals surface area (Å²) in [5.74, 6) is -0.406. The lowest BCUT2D eigenvalue weighted by molar-refractivity contribution is -0.119. The second kappa shape index (κ2) is 8.79. The zero-order chi connectivity index (χ0) is 20.1. The fraction of sp³-hybridized carbons (Fsp3) is 0.105. The van der Waals surface area contributed by atoms with Gasteiger partial charge in [0.15, 0.2) is 5.13 Å². The summed E-state index contributed by atoms with van der Waals surface area (Å²) in [7, 11) is -1.57. The maximum Gasteiger partial charge on any atom is 0.488 e. The molecule has 0 spiro atoms. The maximum absolute atomic E-state index is 12.3. The van der Waals surface area contributed by atoms with Crippen molar-refractivity contribution in [2.45, 2.75) is 13.5 Å². The predicted molar refractivity (Wildman–Crippen MR) is 109 cm³/mol. The summed E-state index contributed by atoms with van der Waals surface area (Å²) in [6.07, 6.45) is 0. The Labute approximate surface area is 166 Å². The number of anilines is 1. The van der Waals surface area contributed by atoms with Gasteiger partial charge < -0.3 is 15.4 Å². The highest BCUT2D eigenvalue weighted by Gasteiger charge is 2.13. The molecule has 0 atom stereocenters. The van der Waals surface area contributed by atoms with E-state index in [1.807, 2.05) is 29.6 Å². The lowest BCUT2D eigenvalue weighted by Crippen LogP contribution is -2.29. The molecule has 7 nitrogen and oxygen atoms in total. The van der Waals surface area contributed by atoms with Gasteiger partial charge in [-0.05, 0) is 23.2 Å². The highest BCUT2D eigenvalue weighted by atomic mass is 32.1. The van der Waals surface area contributed by atoms with Crippen LogP contribution in [-0.2, 0) is 11.3 Å². The lowest BCUT2D eigenvalue weighted by atomic mass is 9.80. The van der Waals surface area contributed by atoms with Crippen molar-refractivity contribution in [2.75, 3.05) is 5.32 Å². The van der Waals surface area contributed by atoms with E-state index in [9.17, 15) is 9.59 Å². The van der Waals surface area contributed by atoms with Gasteiger partial charge in [-0.2, -0.15) is 0 Å². The molecule has 3 rings (SSSR count). The van der Waals surface area contributed by atoms with E-state index in [1.54, 1.807) is 0 Å². The third-order valence-electron chi connectivity index (χ3n) is 3.99. The van der Waals surface area contributed by atoms with Gasteiger partial charge in [-0.3, -0.25) is 14.9 Å². The quantitative estimate of drug-likeness (QED) is 0.472. The van der Waals surface area contributed by atoms with Crippen molar-refractivity contribution in [1.82, 2.24) is 10.3 Å². The third-order valence-corrected chi connectivity index (χ3v) is 4.74. The Morgan fingerprint density at radius 3 is 2.36 bits per heavy atom. The van der Waals surface area contributed by atoms with E-state index in [2.05, 4.69) is 15.6 Å². The molecule has 0 unspecified atom stereocenters. The normalized spacial score (nSPS) is 10.4. The molecule has 28 heavy (non-hydrogen) atoms. The molecule has 2 amide bonds. The molecule has 0 aliphatic rings. The molecule has 3 aromatic rings. The number of nitrogens with one attached hydrogen (secondary N) is 2. The van der Waals surface area contributed by atoms with Crippen LogP contribution in [0.4, 0.5) is 5.13 Å². The van der Waals surface area contributed by atoms with Gasteiger partial charge in [0, 0.05) is 30.0 Å². The number of nitrogens with zero attached hydrogens (tertiary/aromatic N) is 1. The summed E-state index contributed by atoms with van der Waals surface area (Å²) in [5.41, 5.74) is 3.34. The van der Waals surface area contributed by atoms with E-state index in [0.717, 1.165) is 16.8 Å². The zero-order valence-corrected chi connectivity index (χ0v) is 15.9. The Hall–Kier alpha value is -3.01. The number of thiazole rings is 1. The van der Waals surface area contributed by atoms with Crippen molar-refractivity contribution in [3.05, 3.63) is 65.0 Å². The molecule has 1 heterocycles. The van der Waals surface area contributed by atoms with Crippen LogP contribution in [-0.4, -0.2) is 34.0 Å². The number of hydrogen-bond donors (Lipinski definition) is 4. The minimum atomic E-state index is -1.57. The van der Waals surface area contributed by atoms with E-state index in [1.165, 1.54) is 42.5 Å². The van der Waals surface area contributed by atoms with Gasteiger partial charge >= 0.3 is 7.12 Å². The van der Waals surface area contributed by atoms with Crippen LogP contribution < -0.4 is 16.1 Å². The monoisotopic (exact) mass is 395 g/mol. The molecule has 0 aliphatic heterocycles. The van der Waals surface area contributed by atoms with Crippen molar-refractivity contribution in [3.63, 3.8) is 0 Å². The van der Waals surface area contributed by atoms with Crippen LogP contribution in [0.5, 0.6) is 0 Å². The Morgan fingerprint density at radius 2 is 1.75 bits per heavy atom. The van der Waals surface area contributed by atoms with Gasteiger partial charge in [0.25, 0.3) is 5.91 Å². The van der Waals surface area contributed by atoms with Gasteiger partial charge in [-0.25, -0.2) is 4.98 Å². The Kier molecular flexibility index (Phi) is 6.20. The fourth-order valence-electron chi connectivity index (χ4n) is 2.46. The Balaban J connectivity index is 1.65. The summed E-state index contributed by atoms with van der Waals surface area (Å²) in [6, 6.07) is 13.7. The molecular weight excluding hydrogens is 377 g/mol. The fourth-order valence-corrected chi connectivity index (χ4v) is 3.17. The topological polar surface area (TPSA) is 112 Å². The third kappa shape index (κ3) is 5.04. The van der Waals surface area contributed by atoms with E-state index >= 15 is 0 Å². The standard InChI is InChI=1S/C19H18BN3O4S/c1-12(24)21-10-13-2-4-14(5-3-13)17-11-28-19(22-17)23-18(25)15-6-8-16(9-7-15)20(26)27/h2-9,11,26-27H,10H2,1H3,(H,21,24)(H,22,23,25). The van der Waals surface area contributed by atoms with Crippen molar-refractivity contribution >= 4 is 40.9 Å². The van der Waals surface area contributed by atoms with Gasteiger partial charge in [0.1, 0.15) is 0 Å². The van der Waals surface area contributed by atoms with Crippen LogP contribution in [0.3, 0.4) is 0 Å². The van der Waals surface area contributed by atoms with Crippen molar-refractivity contribution in [3.8, 4) is 11.3 Å². The molecule has 2 aromatic carbocycles. The van der Waals surface area contributed by atoms with Crippen LogP contribution in [0.15, 0.2) is 53.9 Å². The first kappa shape index (κ1) is 19.7. The maximum atomic E-state index is 12.3. The Morgan fingerprint density at radius 1 is 1.07 bits per heavy atom.